The summed E-state index contributed by atoms with van der Waals surface area (Å²) in [6.45, 7) is 15.9. The molecule has 0 aliphatic carbocycles. The van der Waals surface area contributed by atoms with Crippen LogP contribution in [0.15, 0.2) is 30.3 Å². The Balaban J connectivity index is 1.86. The van der Waals surface area contributed by atoms with E-state index in [9.17, 15) is 4.79 Å². The summed E-state index contributed by atoms with van der Waals surface area (Å²) in [6.07, 6.45) is 0.390. The summed E-state index contributed by atoms with van der Waals surface area (Å²) in [5, 5.41) is 0.0595. The van der Waals surface area contributed by atoms with Crippen molar-refractivity contribution < 1.29 is 18.7 Å². The van der Waals surface area contributed by atoms with Crippen molar-refractivity contribution >= 4 is 37.8 Å². The van der Waals surface area contributed by atoms with Gasteiger partial charge in [0.25, 0.3) is 0 Å². The van der Waals surface area contributed by atoms with Crippen LogP contribution in [-0.4, -0.2) is 48.7 Å². The fraction of sp³-hybridized carbons (Fsp3) is 0.720. The number of carbonyl (C=O) groups excluding carboxylic acids is 1. The topological polar surface area (TPSA) is 44.8 Å². The van der Waals surface area contributed by atoms with E-state index >= 15 is 0 Å². The van der Waals surface area contributed by atoms with Crippen molar-refractivity contribution in [2.45, 2.75) is 88.7 Å². The molecule has 3 rings (SSSR count). The summed E-state index contributed by atoms with van der Waals surface area (Å²) in [6, 6.07) is 10.2. The van der Waals surface area contributed by atoms with Crippen molar-refractivity contribution in [1.82, 2.24) is 0 Å². The summed E-state index contributed by atoms with van der Waals surface area (Å²) in [5.74, 6) is 2.15. The maximum absolute atomic E-state index is 12.8. The van der Waals surface area contributed by atoms with E-state index in [1.54, 1.807) is 0 Å². The minimum absolute atomic E-state index is 0.0595. The normalized spacial score (nSPS) is 27.2. The van der Waals surface area contributed by atoms with Gasteiger partial charge in [0, 0.05) is 5.92 Å². The minimum atomic E-state index is -2.09. The zero-order valence-corrected chi connectivity index (χ0v) is 23.3. The van der Waals surface area contributed by atoms with Gasteiger partial charge < -0.3 is 13.9 Å². The van der Waals surface area contributed by atoms with Crippen LogP contribution in [0.1, 0.15) is 46.6 Å². The molecule has 2 aliphatic heterocycles. The Morgan fingerprint density at radius 2 is 1.78 bits per heavy atom. The SMILES string of the molecule is C[C@H](C1SCCCS1)[C@H](OCc1ccccc1)[C@@H]1OC(=O)[C@H](C)[C@H]1O[Si](C)(C)C(C)(C)C. The first-order valence-corrected chi connectivity index (χ1v) is 16.8. The smallest absolute Gasteiger partial charge is 0.311 e. The quantitative estimate of drug-likeness (QED) is 0.308. The average molecular weight is 497 g/mol. The summed E-state index contributed by atoms with van der Waals surface area (Å²) in [7, 11) is -2.09. The van der Waals surface area contributed by atoms with E-state index in [1.165, 1.54) is 17.9 Å². The molecule has 2 saturated heterocycles. The van der Waals surface area contributed by atoms with Crippen molar-refractivity contribution in [1.29, 1.82) is 0 Å². The van der Waals surface area contributed by atoms with Gasteiger partial charge in [-0.3, -0.25) is 4.79 Å². The molecule has 2 aliphatic rings. The second-order valence-corrected chi connectivity index (χ2v) is 18.2. The van der Waals surface area contributed by atoms with E-state index < -0.39 is 8.32 Å². The Morgan fingerprint density at radius 3 is 2.38 bits per heavy atom. The van der Waals surface area contributed by atoms with Gasteiger partial charge in [0.15, 0.2) is 14.4 Å². The van der Waals surface area contributed by atoms with Gasteiger partial charge in [-0.1, -0.05) is 58.0 Å². The van der Waals surface area contributed by atoms with Gasteiger partial charge in [0.1, 0.15) is 6.10 Å². The Hall–Kier alpha value is -0.473. The van der Waals surface area contributed by atoms with Crippen LogP contribution in [0.3, 0.4) is 0 Å². The third-order valence-corrected chi connectivity index (χ3v) is 14.9. The lowest BCUT2D eigenvalue weighted by Gasteiger charge is -2.42. The average Bonchev–Trinajstić information content (AvgIpc) is 3.02. The van der Waals surface area contributed by atoms with E-state index in [1.807, 2.05) is 48.6 Å². The van der Waals surface area contributed by atoms with Crippen molar-refractivity contribution in [2.75, 3.05) is 11.5 Å². The highest BCUT2D eigenvalue weighted by molar-refractivity contribution is 8.17. The fourth-order valence-corrected chi connectivity index (χ4v) is 8.46. The molecule has 0 bridgehead atoms. The van der Waals surface area contributed by atoms with Gasteiger partial charge in [-0.25, -0.2) is 0 Å². The number of carbonyl (C=O) groups is 1. The van der Waals surface area contributed by atoms with E-state index in [4.69, 9.17) is 13.9 Å². The van der Waals surface area contributed by atoms with E-state index in [-0.39, 0.29) is 41.2 Å². The van der Waals surface area contributed by atoms with Crippen LogP contribution in [0.25, 0.3) is 0 Å². The third-order valence-electron chi connectivity index (χ3n) is 7.09. The molecule has 1 aromatic rings. The zero-order chi connectivity index (χ0) is 23.5. The third kappa shape index (κ3) is 6.15. The number of cyclic esters (lactones) is 1. The molecule has 0 radical (unpaired) electrons. The van der Waals surface area contributed by atoms with Gasteiger partial charge >= 0.3 is 5.97 Å². The van der Waals surface area contributed by atoms with E-state index in [0.29, 0.717) is 11.2 Å². The molecule has 0 aromatic heterocycles. The molecule has 0 N–H and O–H groups in total. The highest BCUT2D eigenvalue weighted by atomic mass is 32.2. The molecular formula is C25H40O4S2Si. The van der Waals surface area contributed by atoms with Gasteiger partial charge in [0.2, 0.25) is 0 Å². The standard InChI is InChI=1S/C25H40O4S2Si/c1-17-21(29-32(6,7)25(3,4)5)22(28-23(17)26)20(18(2)24-30-14-11-15-31-24)27-16-19-12-9-8-10-13-19/h8-10,12-13,17-18,20-22,24H,11,14-16H2,1-7H3/t17-,18+,20+,21-,22+/m1/s1. The lowest BCUT2D eigenvalue weighted by atomic mass is 9.93. The van der Waals surface area contributed by atoms with Crippen LogP contribution in [-0.2, 0) is 25.3 Å². The number of hydrogen-bond donors (Lipinski definition) is 0. The maximum Gasteiger partial charge on any atom is 0.311 e. The van der Waals surface area contributed by atoms with Gasteiger partial charge in [-0.05, 0) is 48.5 Å². The number of ether oxygens (including phenoxy) is 2. The largest absolute Gasteiger partial charge is 0.457 e. The number of benzene rings is 1. The molecule has 180 valence electrons. The molecule has 5 atom stereocenters. The lowest BCUT2D eigenvalue weighted by Crippen LogP contribution is -2.52. The highest BCUT2D eigenvalue weighted by Crippen LogP contribution is 2.44. The van der Waals surface area contributed by atoms with Crippen LogP contribution >= 0.6 is 23.5 Å². The minimum Gasteiger partial charge on any atom is -0.457 e. The van der Waals surface area contributed by atoms with E-state index in [2.05, 4.69) is 52.9 Å². The van der Waals surface area contributed by atoms with Crippen molar-refractivity contribution in [3.05, 3.63) is 35.9 Å². The monoisotopic (exact) mass is 496 g/mol. The van der Waals surface area contributed by atoms with Gasteiger partial charge in [-0.2, -0.15) is 0 Å². The van der Waals surface area contributed by atoms with Crippen molar-refractivity contribution in [3.63, 3.8) is 0 Å². The van der Waals surface area contributed by atoms with Crippen LogP contribution in [0.5, 0.6) is 0 Å². The summed E-state index contributed by atoms with van der Waals surface area (Å²) in [5.41, 5.74) is 1.13. The van der Waals surface area contributed by atoms with Gasteiger partial charge in [0.05, 0.1) is 23.2 Å². The zero-order valence-electron chi connectivity index (χ0n) is 20.6. The number of esters is 1. The van der Waals surface area contributed by atoms with Crippen molar-refractivity contribution in [2.24, 2.45) is 11.8 Å². The Kier molecular flexibility index (Phi) is 8.86. The first-order valence-electron chi connectivity index (χ1n) is 11.8. The van der Waals surface area contributed by atoms with Crippen LogP contribution in [0.2, 0.25) is 18.1 Å². The number of hydrogen-bond acceptors (Lipinski definition) is 6. The molecule has 1 aromatic carbocycles. The predicted molar refractivity (Wildman–Crippen MR) is 139 cm³/mol. The Labute approximate surface area is 204 Å². The number of rotatable bonds is 8. The Morgan fingerprint density at radius 1 is 1.16 bits per heavy atom. The molecule has 0 unspecified atom stereocenters. The fourth-order valence-electron chi connectivity index (χ4n) is 3.94. The summed E-state index contributed by atoms with van der Waals surface area (Å²) in [4.78, 5) is 12.8. The van der Waals surface area contributed by atoms with Crippen LogP contribution in [0.4, 0.5) is 0 Å². The Bertz CT molecular complexity index is 746. The first-order chi connectivity index (χ1) is 15.0. The maximum atomic E-state index is 12.8. The van der Waals surface area contributed by atoms with Crippen LogP contribution in [0, 0.1) is 11.8 Å². The van der Waals surface area contributed by atoms with Crippen molar-refractivity contribution in [3.8, 4) is 0 Å². The van der Waals surface area contributed by atoms with E-state index in [0.717, 1.165) is 5.56 Å². The number of thioether (sulfide) groups is 2. The lowest BCUT2D eigenvalue weighted by molar-refractivity contribution is -0.153. The van der Waals surface area contributed by atoms with Crippen LogP contribution < -0.4 is 0 Å². The summed E-state index contributed by atoms with van der Waals surface area (Å²) >= 11 is 4.02. The molecule has 7 heteroatoms. The highest BCUT2D eigenvalue weighted by Gasteiger charge is 2.53. The summed E-state index contributed by atoms with van der Waals surface area (Å²) < 4.78 is 19.9. The molecule has 0 spiro atoms. The second kappa shape index (κ2) is 10.9. The van der Waals surface area contributed by atoms with Gasteiger partial charge in [-0.15, -0.1) is 23.5 Å². The molecule has 0 amide bonds. The second-order valence-electron chi connectivity index (χ2n) is 10.6. The molecule has 32 heavy (non-hydrogen) atoms. The molecule has 2 heterocycles. The molecule has 2 fully saturated rings. The predicted octanol–water partition coefficient (Wildman–Crippen LogP) is 6.36. The first kappa shape index (κ1) is 26.1. The molecule has 0 saturated carbocycles. The molecular weight excluding hydrogens is 456 g/mol. The molecule has 4 nitrogen and oxygen atoms in total.